The molecule has 8 heteroatoms. The van der Waals surface area contributed by atoms with E-state index < -0.39 is 28.9 Å². The van der Waals surface area contributed by atoms with Gasteiger partial charge in [0.05, 0.1) is 22.3 Å². The van der Waals surface area contributed by atoms with Crippen LogP contribution in [-0.2, 0) is 14.4 Å². The topological polar surface area (TPSA) is 93.0 Å². The average Bonchev–Trinajstić information content (AvgIpc) is 3.31. The molecule has 2 fully saturated rings. The van der Waals surface area contributed by atoms with Gasteiger partial charge in [0.15, 0.2) is 6.10 Å². The number of nitrogens with zero attached hydrogens (tertiary/aromatic N) is 3. The Morgan fingerprint density at radius 3 is 2.28 bits per heavy atom. The first kappa shape index (κ1) is 19.9. The molecule has 3 atom stereocenters. The zero-order valence-electron chi connectivity index (χ0n) is 17.1. The predicted molar refractivity (Wildman–Crippen MR) is 117 cm³/mol. The zero-order valence-corrected chi connectivity index (χ0v) is 17.1. The minimum absolute atomic E-state index is 0.103. The number of benzene rings is 3. The number of hydroxylamine groups is 1. The van der Waals surface area contributed by atoms with E-state index in [1.807, 2.05) is 49.4 Å². The van der Waals surface area contributed by atoms with Crippen LogP contribution < -0.4 is 9.96 Å². The molecule has 2 amide bonds. The summed E-state index contributed by atoms with van der Waals surface area (Å²) in [7, 11) is 0. The molecule has 8 nitrogen and oxygen atoms in total. The highest BCUT2D eigenvalue weighted by atomic mass is 16.7. The van der Waals surface area contributed by atoms with Gasteiger partial charge in [0.1, 0.15) is 5.92 Å². The number of nitro benzene ring substituents is 1. The molecule has 3 aromatic carbocycles. The van der Waals surface area contributed by atoms with Crippen molar-refractivity contribution in [3.05, 3.63) is 100 Å². The van der Waals surface area contributed by atoms with Crippen LogP contribution in [0.5, 0.6) is 0 Å². The number of rotatable bonds is 4. The molecule has 160 valence electrons. The maximum Gasteiger partial charge on any atom is 0.271 e. The van der Waals surface area contributed by atoms with Gasteiger partial charge in [-0.25, -0.2) is 9.96 Å². The van der Waals surface area contributed by atoms with Crippen molar-refractivity contribution in [2.24, 2.45) is 5.92 Å². The van der Waals surface area contributed by atoms with Gasteiger partial charge in [-0.3, -0.25) is 24.5 Å². The maximum atomic E-state index is 13.5. The van der Waals surface area contributed by atoms with Crippen molar-refractivity contribution in [1.29, 1.82) is 0 Å². The quantitative estimate of drug-likeness (QED) is 0.354. The minimum Gasteiger partial charge on any atom is -0.273 e. The summed E-state index contributed by atoms with van der Waals surface area (Å²) in [5, 5.41) is 12.7. The number of nitro groups is 1. The van der Waals surface area contributed by atoms with Crippen molar-refractivity contribution in [2.45, 2.75) is 19.1 Å². The molecule has 0 radical (unpaired) electrons. The molecular formula is C24H19N3O5. The maximum absolute atomic E-state index is 13.5. The predicted octanol–water partition coefficient (Wildman–Crippen LogP) is 3.95. The van der Waals surface area contributed by atoms with Crippen LogP contribution in [0.25, 0.3) is 0 Å². The number of carbonyl (C=O) groups is 2. The number of hydrogen-bond donors (Lipinski definition) is 0. The highest BCUT2D eigenvalue weighted by Crippen LogP contribution is 2.47. The summed E-state index contributed by atoms with van der Waals surface area (Å²) in [6.07, 6.45) is -1.02. The summed E-state index contributed by atoms with van der Waals surface area (Å²) in [4.78, 5) is 44.8. The second-order valence-electron chi connectivity index (χ2n) is 7.86. The number of fused-ring (bicyclic) bond motifs is 1. The Hall–Kier alpha value is -4.04. The summed E-state index contributed by atoms with van der Waals surface area (Å²) in [6, 6.07) is 21.8. The van der Waals surface area contributed by atoms with Gasteiger partial charge in [-0.1, -0.05) is 54.1 Å². The smallest absolute Gasteiger partial charge is 0.271 e. The summed E-state index contributed by atoms with van der Waals surface area (Å²) >= 11 is 0. The van der Waals surface area contributed by atoms with E-state index in [0.717, 1.165) is 11.1 Å². The van der Waals surface area contributed by atoms with E-state index >= 15 is 0 Å². The number of carbonyl (C=O) groups excluding carboxylic acids is 2. The van der Waals surface area contributed by atoms with Gasteiger partial charge < -0.3 is 0 Å². The van der Waals surface area contributed by atoms with Crippen molar-refractivity contribution in [2.75, 3.05) is 9.96 Å². The van der Waals surface area contributed by atoms with E-state index in [2.05, 4.69) is 0 Å². The van der Waals surface area contributed by atoms with E-state index in [9.17, 15) is 19.7 Å². The third-order valence-corrected chi connectivity index (χ3v) is 5.84. The van der Waals surface area contributed by atoms with Gasteiger partial charge in [0.2, 0.25) is 5.91 Å². The van der Waals surface area contributed by atoms with Crippen LogP contribution in [0, 0.1) is 23.0 Å². The lowest BCUT2D eigenvalue weighted by atomic mass is 9.90. The van der Waals surface area contributed by atoms with E-state index in [-0.39, 0.29) is 11.6 Å². The third kappa shape index (κ3) is 3.12. The molecule has 0 N–H and O–H groups in total. The molecule has 0 spiro atoms. The number of imide groups is 1. The van der Waals surface area contributed by atoms with E-state index in [4.69, 9.17) is 4.84 Å². The molecule has 2 aliphatic heterocycles. The normalized spacial score (nSPS) is 22.3. The number of anilines is 2. The first-order chi connectivity index (χ1) is 15.5. The van der Waals surface area contributed by atoms with Crippen LogP contribution in [-0.4, -0.2) is 22.8 Å². The van der Waals surface area contributed by atoms with Crippen LogP contribution in [0.4, 0.5) is 17.1 Å². The summed E-state index contributed by atoms with van der Waals surface area (Å²) < 4.78 is 0. The Labute approximate surface area is 183 Å². The number of hydrogen-bond acceptors (Lipinski definition) is 6. The van der Waals surface area contributed by atoms with Crippen LogP contribution in [0.2, 0.25) is 0 Å². The molecule has 0 unspecified atom stereocenters. The highest BCUT2D eigenvalue weighted by Gasteiger charge is 2.60. The Balaban J connectivity index is 1.58. The number of amides is 2. The highest BCUT2D eigenvalue weighted by molar-refractivity contribution is 6.23. The summed E-state index contributed by atoms with van der Waals surface area (Å²) in [5.74, 6) is -1.59. The molecule has 3 aromatic rings. The van der Waals surface area contributed by atoms with Crippen LogP contribution in [0.3, 0.4) is 0 Å². The molecular weight excluding hydrogens is 410 g/mol. The van der Waals surface area contributed by atoms with Crippen molar-refractivity contribution < 1.29 is 19.3 Å². The fourth-order valence-corrected chi connectivity index (χ4v) is 4.32. The Bertz CT molecular complexity index is 1210. The van der Waals surface area contributed by atoms with Crippen LogP contribution in [0.1, 0.15) is 17.2 Å². The monoisotopic (exact) mass is 429 g/mol. The van der Waals surface area contributed by atoms with Gasteiger partial charge in [0, 0.05) is 12.1 Å². The van der Waals surface area contributed by atoms with Gasteiger partial charge >= 0.3 is 0 Å². The SMILES string of the molecule is Cc1ccc(N2C(=O)[C@@H]3[C@H](ON(c4cccc([N+](=O)[O-])c4)[C@H]3c3ccccc3)C2=O)cc1. The van der Waals surface area contributed by atoms with Crippen molar-refractivity contribution in [3.63, 3.8) is 0 Å². The Morgan fingerprint density at radius 1 is 0.875 bits per heavy atom. The van der Waals surface area contributed by atoms with E-state index in [0.29, 0.717) is 11.4 Å². The van der Waals surface area contributed by atoms with Crippen molar-refractivity contribution in [3.8, 4) is 0 Å². The zero-order chi connectivity index (χ0) is 22.4. The lowest BCUT2D eigenvalue weighted by Gasteiger charge is -2.28. The standard InChI is InChI=1S/C24H19N3O5/c1-15-10-12-17(13-11-15)25-23(28)20-21(16-6-3-2-4-7-16)26(32-22(20)24(25)29)18-8-5-9-19(14-18)27(30)31/h2-14,20-22H,1H3/t20-,21-,22-/m0/s1. The number of non-ortho nitro benzene ring substituents is 1. The fourth-order valence-electron chi connectivity index (χ4n) is 4.32. The average molecular weight is 429 g/mol. The largest absolute Gasteiger partial charge is 0.273 e. The summed E-state index contributed by atoms with van der Waals surface area (Å²) in [5.41, 5.74) is 2.60. The summed E-state index contributed by atoms with van der Waals surface area (Å²) in [6.45, 7) is 1.93. The Kier molecular flexibility index (Phi) is 4.71. The van der Waals surface area contributed by atoms with Gasteiger partial charge in [-0.2, -0.15) is 0 Å². The van der Waals surface area contributed by atoms with E-state index in [1.165, 1.54) is 22.1 Å². The molecule has 5 rings (SSSR count). The molecule has 2 aliphatic rings. The molecule has 0 aliphatic carbocycles. The third-order valence-electron chi connectivity index (χ3n) is 5.84. The second kappa shape index (κ2) is 7.58. The first-order valence-corrected chi connectivity index (χ1v) is 10.2. The van der Waals surface area contributed by atoms with Gasteiger partial charge in [-0.05, 0) is 30.7 Å². The van der Waals surface area contributed by atoms with Crippen molar-refractivity contribution in [1.82, 2.24) is 0 Å². The molecule has 0 bridgehead atoms. The lowest BCUT2D eigenvalue weighted by molar-refractivity contribution is -0.384. The van der Waals surface area contributed by atoms with Gasteiger partial charge in [0.25, 0.3) is 11.6 Å². The molecule has 2 heterocycles. The number of aryl methyl sites for hydroxylation is 1. The fraction of sp³-hybridized carbons (Fsp3) is 0.167. The Morgan fingerprint density at radius 2 is 1.59 bits per heavy atom. The molecule has 0 saturated carbocycles. The molecule has 0 aromatic heterocycles. The van der Waals surface area contributed by atoms with Crippen molar-refractivity contribution >= 4 is 28.9 Å². The van der Waals surface area contributed by atoms with Gasteiger partial charge in [-0.15, -0.1) is 0 Å². The minimum atomic E-state index is -1.02. The van der Waals surface area contributed by atoms with Crippen LogP contribution in [0.15, 0.2) is 78.9 Å². The second-order valence-corrected chi connectivity index (χ2v) is 7.86. The van der Waals surface area contributed by atoms with Crippen LogP contribution >= 0.6 is 0 Å². The lowest BCUT2D eigenvalue weighted by Crippen LogP contribution is -2.37. The van der Waals surface area contributed by atoms with E-state index in [1.54, 1.807) is 24.3 Å². The first-order valence-electron chi connectivity index (χ1n) is 10.2. The molecule has 2 saturated heterocycles. The molecule has 32 heavy (non-hydrogen) atoms.